The molecule has 0 aliphatic carbocycles. The van der Waals surface area contributed by atoms with Gasteiger partial charge in [-0.3, -0.25) is 4.79 Å². The minimum absolute atomic E-state index is 0.0616. The third kappa shape index (κ3) is 1.83. The minimum atomic E-state index is -0.105. The summed E-state index contributed by atoms with van der Waals surface area (Å²) in [6.07, 6.45) is 2.65. The summed E-state index contributed by atoms with van der Waals surface area (Å²) < 4.78 is 5.57. The molecule has 4 aromatic rings. The molecule has 0 fully saturated rings. The lowest BCUT2D eigenvalue weighted by molar-refractivity contribution is 0.421. The first-order valence-electron chi connectivity index (χ1n) is 7.92. The van der Waals surface area contributed by atoms with Crippen LogP contribution in [0.25, 0.3) is 32.4 Å². The summed E-state index contributed by atoms with van der Waals surface area (Å²) in [4.78, 5) is 16.3. The Kier molecular flexibility index (Phi) is 3.20. The van der Waals surface area contributed by atoms with Crippen LogP contribution in [0.3, 0.4) is 0 Å². The smallest absolute Gasteiger partial charge is 0.196 e. The van der Waals surface area contributed by atoms with Gasteiger partial charge in [-0.1, -0.05) is 31.2 Å². The number of fused-ring (bicyclic) bond motifs is 4. The molecule has 1 aromatic heterocycles. The number of methoxy groups -OCH3 is 1. The van der Waals surface area contributed by atoms with Crippen molar-refractivity contribution in [3.63, 3.8) is 0 Å². The second-order valence-corrected chi connectivity index (χ2v) is 5.83. The minimum Gasteiger partial charge on any atom is -0.507 e. The van der Waals surface area contributed by atoms with Crippen molar-refractivity contribution in [3.05, 3.63) is 58.4 Å². The van der Waals surface area contributed by atoms with E-state index >= 15 is 0 Å². The number of aromatic nitrogens is 1. The Morgan fingerprint density at radius 3 is 2.54 bits per heavy atom. The Hall–Kier alpha value is -3.01. The largest absolute Gasteiger partial charge is 0.507 e. The predicted octanol–water partition coefficient (Wildman–Crippen LogP) is 4.11. The average Bonchev–Trinajstić information content (AvgIpc) is 2.62. The maximum absolute atomic E-state index is 13.1. The number of benzene rings is 3. The fraction of sp³-hybridized carbons (Fsp3) is 0.150. The summed E-state index contributed by atoms with van der Waals surface area (Å²) in [5.74, 6) is 0.585. The van der Waals surface area contributed by atoms with Crippen LogP contribution in [0.15, 0.2) is 47.4 Å². The molecule has 0 aliphatic heterocycles. The molecule has 2 N–H and O–H groups in total. The van der Waals surface area contributed by atoms with Crippen LogP contribution < -0.4 is 10.2 Å². The van der Waals surface area contributed by atoms with E-state index in [0.29, 0.717) is 27.3 Å². The number of aryl methyl sites for hydroxylation is 1. The van der Waals surface area contributed by atoms with E-state index in [1.165, 1.54) is 0 Å². The predicted molar refractivity (Wildman–Crippen MR) is 97.2 cm³/mol. The number of nitrogens with one attached hydrogen (secondary N) is 1. The molecule has 0 atom stereocenters. The first kappa shape index (κ1) is 14.6. The summed E-state index contributed by atoms with van der Waals surface area (Å²) in [6, 6.07) is 11.0. The highest BCUT2D eigenvalue weighted by atomic mass is 16.5. The van der Waals surface area contributed by atoms with Crippen molar-refractivity contribution in [2.24, 2.45) is 0 Å². The van der Waals surface area contributed by atoms with Crippen molar-refractivity contribution in [1.82, 2.24) is 4.98 Å². The molecular formula is C20H17NO3. The Labute approximate surface area is 138 Å². The standard InChI is InChI=1S/C20H17NO3/c1-3-11-8-9-21-18-14(11)10-15(22)16-17(18)19(23)12-6-4-5-7-13(12)20(16)24-2/h4-10,21-22H,3H2,1-2H3. The maximum atomic E-state index is 13.1. The third-order valence-electron chi connectivity index (χ3n) is 4.62. The van der Waals surface area contributed by atoms with Gasteiger partial charge < -0.3 is 14.8 Å². The van der Waals surface area contributed by atoms with Crippen LogP contribution >= 0.6 is 0 Å². The summed E-state index contributed by atoms with van der Waals surface area (Å²) in [5.41, 5.74) is 1.70. The number of pyridine rings is 1. The van der Waals surface area contributed by atoms with E-state index in [0.717, 1.165) is 22.9 Å². The fourth-order valence-corrected chi connectivity index (χ4v) is 3.51. The van der Waals surface area contributed by atoms with Crippen molar-refractivity contribution in [2.45, 2.75) is 13.3 Å². The quantitative estimate of drug-likeness (QED) is 0.432. The van der Waals surface area contributed by atoms with E-state index in [2.05, 4.69) is 11.9 Å². The van der Waals surface area contributed by atoms with Gasteiger partial charge in [0.25, 0.3) is 0 Å². The molecule has 0 bridgehead atoms. The van der Waals surface area contributed by atoms with Crippen LogP contribution in [0, 0.1) is 0 Å². The van der Waals surface area contributed by atoms with E-state index in [-0.39, 0.29) is 11.2 Å². The molecule has 4 rings (SSSR count). The number of phenolic OH excluding ortho intramolecular Hbond substituents is 1. The van der Waals surface area contributed by atoms with Gasteiger partial charge in [0.1, 0.15) is 11.5 Å². The third-order valence-corrected chi connectivity index (χ3v) is 4.62. The molecule has 0 unspecified atom stereocenters. The van der Waals surface area contributed by atoms with E-state index in [1.54, 1.807) is 19.2 Å². The molecule has 120 valence electrons. The lowest BCUT2D eigenvalue weighted by Gasteiger charge is -2.14. The van der Waals surface area contributed by atoms with Gasteiger partial charge in [0.05, 0.1) is 23.4 Å². The van der Waals surface area contributed by atoms with E-state index < -0.39 is 0 Å². The van der Waals surface area contributed by atoms with Gasteiger partial charge in [-0.05, 0) is 24.1 Å². The van der Waals surface area contributed by atoms with E-state index in [4.69, 9.17) is 4.74 Å². The van der Waals surface area contributed by atoms with Gasteiger partial charge in [0, 0.05) is 22.4 Å². The van der Waals surface area contributed by atoms with Crippen molar-refractivity contribution in [3.8, 4) is 11.5 Å². The number of phenols is 1. The van der Waals surface area contributed by atoms with Crippen LogP contribution in [-0.4, -0.2) is 17.2 Å². The summed E-state index contributed by atoms with van der Waals surface area (Å²) in [7, 11) is 1.56. The Morgan fingerprint density at radius 2 is 1.83 bits per heavy atom. The zero-order valence-electron chi connectivity index (χ0n) is 13.5. The van der Waals surface area contributed by atoms with Crippen molar-refractivity contribution in [1.29, 1.82) is 0 Å². The molecule has 24 heavy (non-hydrogen) atoms. The number of aromatic amines is 1. The zero-order valence-corrected chi connectivity index (χ0v) is 13.5. The first-order chi connectivity index (χ1) is 11.7. The monoisotopic (exact) mass is 319 g/mol. The van der Waals surface area contributed by atoms with Crippen LogP contribution in [0.4, 0.5) is 0 Å². The van der Waals surface area contributed by atoms with E-state index in [9.17, 15) is 9.90 Å². The van der Waals surface area contributed by atoms with Crippen molar-refractivity contribution >= 4 is 32.4 Å². The van der Waals surface area contributed by atoms with Gasteiger partial charge >= 0.3 is 0 Å². The number of hydrogen-bond donors (Lipinski definition) is 2. The molecule has 0 aliphatic rings. The molecule has 4 heteroatoms. The Balaban J connectivity index is 2.40. The van der Waals surface area contributed by atoms with Crippen LogP contribution in [0.1, 0.15) is 12.5 Å². The highest BCUT2D eigenvalue weighted by Crippen LogP contribution is 2.40. The summed E-state index contributed by atoms with van der Waals surface area (Å²) >= 11 is 0. The molecule has 0 saturated heterocycles. The molecule has 0 radical (unpaired) electrons. The molecule has 4 nitrogen and oxygen atoms in total. The first-order valence-corrected chi connectivity index (χ1v) is 7.92. The van der Waals surface area contributed by atoms with Gasteiger partial charge in [0.2, 0.25) is 0 Å². The molecule has 1 heterocycles. The molecule has 0 amide bonds. The Morgan fingerprint density at radius 1 is 1.08 bits per heavy atom. The molecule has 3 aromatic carbocycles. The fourth-order valence-electron chi connectivity index (χ4n) is 3.51. The van der Waals surface area contributed by atoms with Gasteiger partial charge in [0.15, 0.2) is 5.43 Å². The summed E-state index contributed by atoms with van der Waals surface area (Å²) in [6.45, 7) is 2.05. The number of ether oxygens (including phenoxy) is 1. The normalized spacial score (nSPS) is 11.4. The number of hydrogen-bond acceptors (Lipinski definition) is 3. The van der Waals surface area contributed by atoms with Gasteiger partial charge in [-0.2, -0.15) is 0 Å². The van der Waals surface area contributed by atoms with E-state index in [1.807, 2.05) is 30.5 Å². The Bertz CT molecular complexity index is 1160. The van der Waals surface area contributed by atoms with Crippen LogP contribution in [-0.2, 0) is 6.42 Å². The van der Waals surface area contributed by atoms with Crippen molar-refractivity contribution < 1.29 is 9.84 Å². The summed E-state index contributed by atoms with van der Waals surface area (Å²) in [5, 5.41) is 13.7. The SMILES string of the molecule is CCc1cc[nH]c2c1cc(O)c1c(OC)c3ccccc3c(=O)c12. The van der Waals surface area contributed by atoms with Crippen molar-refractivity contribution in [2.75, 3.05) is 7.11 Å². The molecule has 0 spiro atoms. The van der Waals surface area contributed by atoms with Crippen LogP contribution in [0.5, 0.6) is 11.5 Å². The lowest BCUT2D eigenvalue weighted by atomic mass is 9.96. The number of H-pyrrole nitrogens is 1. The van der Waals surface area contributed by atoms with Crippen LogP contribution in [0.2, 0.25) is 0 Å². The second kappa shape index (κ2) is 5.27. The highest BCUT2D eigenvalue weighted by Gasteiger charge is 2.19. The second-order valence-electron chi connectivity index (χ2n) is 5.83. The zero-order chi connectivity index (χ0) is 16.8. The topological polar surface area (TPSA) is 62.3 Å². The average molecular weight is 319 g/mol. The molecular weight excluding hydrogens is 302 g/mol. The molecule has 0 saturated carbocycles. The van der Waals surface area contributed by atoms with Gasteiger partial charge in [-0.15, -0.1) is 0 Å². The van der Waals surface area contributed by atoms with Gasteiger partial charge in [-0.25, -0.2) is 0 Å². The number of rotatable bonds is 2. The number of aromatic hydroxyl groups is 1. The lowest BCUT2D eigenvalue weighted by Crippen LogP contribution is -2.06. The highest BCUT2D eigenvalue weighted by molar-refractivity contribution is 6.17. The maximum Gasteiger partial charge on any atom is 0.196 e.